The first-order valence-electron chi connectivity index (χ1n) is 5.25. The Labute approximate surface area is 110 Å². The Hall–Kier alpha value is -1.28. The van der Waals surface area contributed by atoms with E-state index in [1.54, 1.807) is 35.2 Å². The van der Waals surface area contributed by atoms with Crippen molar-refractivity contribution in [3.8, 4) is 0 Å². The minimum absolute atomic E-state index is 0.139. The number of nitrogens with two attached hydrogens (primary N) is 1. The number of aromatic nitrogens is 1. The molecule has 0 aliphatic rings. The molecular formula is C11H13N3O2S2. The molecule has 0 saturated heterocycles. The monoisotopic (exact) mass is 283 g/mol. The molecule has 5 nitrogen and oxygen atoms in total. The van der Waals surface area contributed by atoms with Crippen LogP contribution in [0.3, 0.4) is 0 Å². The van der Waals surface area contributed by atoms with Crippen LogP contribution in [0.25, 0.3) is 0 Å². The zero-order valence-electron chi connectivity index (χ0n) is 9.54. The van der Waals surface area contributed by atoms with E-state index < -0.39 is 10.0 Å². The van der Waals surface area contributed by atoms with Gasteiger partial charge >= 0.3 is 0 Å². The lowest BCUT2D eigenvalue weighted by atomic mass is 10.2. The molecule has 0 unspecified atom stereocenters. The summed E-state index contributed by atoms with van der Waals surface area (Å²) < 4.78 is 22.4. The van der Waals surface area contributed by atoms with Crippen molar-refractivity contribution < 1.29 is 8.42 Å². The van der Waals surface area contributed by atoms with Crippen LogP contribution in [0.1, 0.15) is 10.4 Å². The lowest BCUT2D eigenvalue weighted by Gasteiger charge is -2.05. The van der Waals surface area contributed by atoms with Crippen LogP contribution < -0.4 is 10.5 Å². The number of thiazole rings is 1. The fourth-order valence-electron chi connectivity index (χ4n) is 1.49. The fraction of sp³-hybridized carbons (Fsp3) is 0.182. The van der Waals surface area contributed by atoms with Crippen molar-refractivity contribution in [3.63, 3.8) is 0 Å². The van der Waals surface area contributed by atoms with Crippen LogP contribution in [-0.4, -0.2) is 13.4 Å². The molecule has 96 valence electrons. The van der Waals surface area contributed by atoms with Crippen LogP contribution >= 0.6 is 11.3 Å². The highest BCUT2D eigenvalue weighted by atomic mass is 32.2. The Balaban J connectivity index is 1.98. The van der Waals surface area contributed by atoms with Crippen LogP contribution in [0.15, 0.2) is 40.9 Å². The second-order valence-corrected chi connectivity index (χ2v) is 6.30. The Morgan fingerprint density at radius 2 is 2.17 bits per heavy atom. The van der Waals surface area contributed by atoms with Crippen molar-refractivity contribution in [2.24, 2.45) is 5.14 Å². The van der Waals surface area contributed by atoms with Crippen molar-refractivity contribution in [3.05, 3.63) is 46.4 Å². The summed E-state index contributed by atoms with van der Waals surface area (Å²) in [7, 11) is -3.63. The highest BCUT2D eigenvalue weighted by Crippen LogP contribution is 2.10. The van der Waals surface area contributed by atoms with Gasteiger partial charge in [0.1, 0.15) is 0 Å². The Kier molecular flexibility index (Phi) is 4.07. The number of hydrogen-bond donors (Lipinski definition) is 2. The maximum absolute atomic E-state index is 11.2. The average Bonchev–Trinajstić information content (AvgIpc) is 2.81. The van der Waals surface area contributed by atoms with E-state index in [0.717, 1.165) is 10.4 Å². The highest BCUT2D eigenvalue weighted by Gasteiger charge is 2.07. The molecule has 7 heteroatoms. The van der Waals surface area contributed by atoms with Gasteiger partial charge in [-0.15, -0.1) is 11.3 Å². The van der Waals surface area contributed by atoms with Gasteiger partial charge < -0.3 is 5.32 Å². The van der Waals surface area contributed by atoms with Crippen molar-refractivity contribution in [2.75, 3.05) is 0 Å². The van der Waals surface area contributed by atoms with E-state index in [9.17, 15) is 8.42 Å². The second kappa shape index (κ2) is 5.57. The van der Waals surface area contributed by atoms with Crippen molar-refractivity contribution >= 4 is 21.4 Å². The smallest absolute Gasteiger partial charge is 0.238 e. The third kappa shape index (κ3) is 3.61. The van der Waals surface area contributed by atoms with Crippen molar-refractivity contribution in [2.45, 2.75) is 18.0 Å². The molecule has 0 amide bonds. The molecule has 0 atom stereocenters. The standard InChI is InChI=1S/C11H13N3O2S2/c12-18(15,16)11-3-1-2-9(4-11)5-13-6-10-7-14-8-17-10/h1-4,7-8,13H,5-6H2,(H2,12,15,16). The first-order valence-corrected chi connectivity index (χ1v) is 7.68. The van der Waals surface area contributed by atoms with Gasteiger partial charge in [-0.2, -0.15) is 0 Å². The van der Waals surface area contributed by atoms with Crippen molar-refractivity contribution in [1.82, 2.24) is 10.3 Å². The molecule has 2 aromatic rings. The molecule has 0 saturated carbocycles. The molecule has 2 rings (SSSR count). The van der Waals surface area contributed by atoms with Crippen LogP contribution in [-0.2, 0) is 23.1 Å². The molecule has 1 aromatic carbocycles. The molecule has 0 radical (unpaired) electrons. The van der Waals surface area contributed by atoms with E-state index in [0.29, 0.717) is 13.1 Å². The summed E-state index contributed by atoms with van der Waals surface area (Å²) in [5.41, 5.74) is 2.66. The van der Waals surface area contributed by atoms with Gasteiger partial charge in [0.05, 0.1) is 10.4 Å². The minimum Gasteiger partial charge on any atom is -0.308 e. The molecule has 0 aliphatic heterocycles. The molecule has 18 heavy (non-hydrogen) atoms. The maximum atomic E-state index is 11.2. The number of benzene rings is 1. The summed E-state index contributed by atoms with van der Waals surface area (Å²) in [4.78, 5) is 5.25. The number of sulfonamides is 1. The predicted molar refractivity (Wildman–Crippen MR) is 70.5 cm³/mol. The molecule has 0 aliphatic carbocycles. The second-order valence-electron chi connectivity index (χ2n) is 3.76. The largest absolute Gasteiger partial charge is 0.308 e. The molecular weight excluding hydrogens is 270 g/mol. The Morgan fingerprint density at radius 1 is 1.33 bits per heavy atom. The van der Waals surface area contributed by atoms with Gasteiger partial charge in [0.2, 0.25) is 10.0 Å². The molecule has 0 bridgehead atoms. The van der Waals surface area contributed by atoms with Gasteiger partial charge in [0.25, 0.3) is 0 Å². The molecule has 3 N–H and O–H groups in total. The van der Waals surface area contributed by atoms with E-state index in [-0.39, 0.29) is 4.90 Å². The summed E-state index contributed by atoms with van der Waals surface area (Å²) >= 11 is 1.58. The maximum Gasteiger partial charge on any atom is 0.238 e. The Morgan fingerprint density at radius 3 is 2.83 bits per heavy atom. The zero-order chi connectivity index (χ0) is 13.0. The molecule has 1 aromatic heterocycles. The number of nitrogens with one attached hydrogen (secondary N) is 1. The van der Waals surface area contributed by atoms with Gasteiger partial charge in [0, 0.05) is 24.2 Å². The first-order chi connectivity index (χ1) is 8.55. The van der Waals surface area contributed by atoms with Gasteiger partial charge in [-0.1, -0.05) is 12.1 Å². The summed E-state index contributed by atoms with van der Waals surface area (Å²) in [5.74, 6) is 0. The third-order valence-electron chi connectivity index (χ3n) is 2.34. The lowest BCUT2D eigenvalue weighted by molar-refractivity contribution is 0.597. The SMILES string of the molecule is NS(=O)(=O)c1cccc(CNCc2cncs2)c1. The van der Waals surface area contributed by atoms with Gasteiger partial charge in [-0.3, -0.25) is 4.98 Å². The van der Waals surface area contributed by atoms with E-state index in [4.69, 9.17) is 5.14 Å². The quantitative estimate of drug-likeness (QED) is 0.860. The van der Waals surface area contributed by atoms with E-state index in [2.05, 4.69) is 10.3 Å². The Bertz CT molecular complexity index is 609. The summed E-state index contributed by atoms with van der Waals surface area (Å²) in [6.07, 6.45) is 1.80. The van der Waals surface area contributed by atoms with E-state index >= 15 is 0 Å². The average molecular weight is 283 g/mol. The van der Waals surface area contributed by atoms with Gasteiger partial charge in [0.15, 0.2) is 0 Å². The minimum atomic E-state index is -3.63. The van der Waals surface area contributed by atoms with Gasteiger partial charge in [-0.25, -0.2) is 13.6 Å². The molecule has 0 fully saturated rings. The highest BCUT2D eigenvalue weighted by molar-refractivity contribution is 7.89. The van der Waals surface area contributed by atoms with Crippen LogP contribution in [0.4, 0.5) is 0 Å². The summed E-state index contributed by atoms with van der Waals surface area (Å²) in [6, 6.07) is 6.61. The normalized spacial score (nSPS) is 11.6. The van der Waals surface area contributed by atoms with Gasteiger partial charge in [-0.05, 0) is 17.7 Å². The van der Waals surface area contributed by atoms with Crippen LogP contribution in [0.5, 0.6) is 0 Å². The molecule has 0 spiro atoms. The van der Waals surface area contributed by atoms with E-state index in [1.807, 2.05) is 6.07 Å². The van der Waals surface area contributed by atoms with Crippen LogP contribution in [0.2, 0.25) is 0 Å². The summed E-state index contributed by atoms with van der Waals surface area (Å²) in [5, 5.41) is 8.29. The number of primary sulfonamides is 1. The number of nitrogens with zero attached hydrogens (tertiary/aromatic N) is 1. The lowest BCUT2D eigenvalue weighted by Crippen LogP contribution is -2.14. The number of hydrogen-bond acceptors (Lipinski definition) is 5. The fourth-order valence-corrected chi connectivity index (χ4v) is 2.64. The third-order valence-corrected chi connectivity index (χ3v) is 4.03. The zero-order valence-corrected chi connectivity index (χ0v) is 11.2. The predicted octanol–water partition coefficient (Wildman–Crippen LogP) is 1.08. The van der Waals surface area contributed by atoms with Crippen LogP contribution in [0, 0.1) is 0 Å². The van der Waals surface area contributed by atoms with Crippen molar-refractivity contribution in [1.29, 1.82) is 0 Å². The molecule has 1 heterocycles. The summed E-state index contributed by atoms with van der Waals surface area (Å²) in [6.45, 7) is 1.30. The van der Waals surface area contributed by atoms with E-state index in [1.165, 1.54) is 6.07 Å². The topological polar surface area (TPSA) is 85.1 Å². The first kappa shape index (κ1) is 13.2. The number of rotatable bonds is 5.